The van der Waals surface area contributed by atoms with Crippen molar-refractivity contribution in [2.45, 2.75) is 0 Å². The third-order valence-electron chi connectivity index (χ3n) is 13.9. The zero-order valence-corrected chi connectivity index (χ0v) is 40.3. The Balaban J connectivity index is 1.05. The Morgan fingerprint density at radius 3 is 1.61 bits per heavy atom. The van der Waals surface area contributed by atoms with E-state index in [4.69, 9.17) is 15.4 Å². The number of para-hydroxylation sites is 6. The SMILES string of the molecule is C=C(/C(=C\c1ccc(N(c2ccccc2-c2ccccc2)c2cccc3c2oc2ccccc23)c(-c2ccccc2)c1)c1ccccc1)N(c1ccccc1C1=C=C=CC=C1)c1cccc2c1oc1ccccc12. The van der Waals surface area contributed by atoms with Gasteiger partial charge in [0.25, 0.3) is 0 Å². The highest BCUT2D eigenvalue weighted by molar-refractivity contribution is 6.13. The molecular formula is C70H46N2O2. The number of allylic oxidation sites excluding steroid dienone is 5. The van der Waals surface area contributed by atoms with Gasteiger partial charge in [0.15, 0.2) is 11.2 Å². The summed E-state index contributed by atoms with van der Waals surface area (Å²) >= 11 is 0. The highest BCUT2D eigenvalue weighted by Crippen LogP contribution is 2.50. The Hall–Kier alpha value is -10.1. The molecular weight excluding hydrogens is 901 g/mol. The average molecular weight is 947 g/mol. The molecule has 13 rings (SSSR count). The van der Waals surface area contributed by atoms with Crippen molar-refractivity contribution in [1.82, 2.24) is 0 Å². The van der Waals surface area contributed by atoms with Crippen LogP contribution in [0.25, 0.3) is 83.4 Å². The van der Waals surface area contributed by atoms with Crippen molar-refractivity contribution in [2.75, 3.05) is 9.80 Å². The average Bonchev–Trinajstić information content (AvgIpc) is 4.08. The van der Waals surface area contributed by atoms with Gasteiger partial charge in [-0.3, -0.25) is 0 Å². The van der Waals surface area contributed by atoms with Crippen LogP contribution in [0.4, 0.5) is 28.4 Å². The fourth-order valence-electron chi connectivity index (χ4n) is 10.5. The minimum atomic E-state index is 0.761. The van der Waals surface area contributed by atoms with Crippen LogP contribution in [0.3, 0.4) is 0 Å². The molecule has 0 aliphatic heterocycles. The number of benzene rings is 10. The summed E-state index contributed by atoms with van der Waals surface area (Å²) in [5, 5.41) is 4.21. The number of nitrogens with zero attached hydrogens (tertiary/aromatic N) is 2. The fourth-order valence-corrected chi connectivity index (χ4v) is 10.5. The highest BCUT2D eigenvalue weighted by Gasteiger charge is 2.27. The van der Waals surface area contributed by atoms with Crippen molar-refractivity contribution in [1.29, 1.82) is 0 Å². The molecule has 348 valence electrons. The number of fused-ring (bicyclic) bond motifs is 6. The van der Waals surface area contributed by atoms with E-state index in [-0.39, 0.29) is 0 Å². The molecule has 0 N–H and O–H groups in total. The first-order valence-electron chi connectivity index (χ1n) is 24.9. The summed E-state index contributed by atoms with van der Waals surface area (Å²) in [5.41, 5.74) is 24.5. The maximum atomic E-state index is 6.85. The Bertz CT molecular complexity index is 4290. The molecule has 0 radical (unpaired) electrons. The van der Waals surface area contributed by atoms with Crippen LogP contribution < -0.4 is 9.80 Å². The molecule has 0 fully saturated rings. The molecule has 0 unspecified atom stereocenters. The van der Waals surface area contributed by atoms with Crippen LogP contribution in [-0.2, 0) is 0 Å². The molecule has 1 aliphatic rings. The van der Waals surface area contributed by atoms with E-state index < -0.39 is 0 Å². The standard InChI is InChI=1S/C70H46N2O2/c1-48(71(62-38-18-14-32-54(62)50-24-6-2-7-25-50)65-40-22-36-58-56-34-16-20-42-67(56)73-69(58)65)60(52-28-10-4-11-29-52)46-49-44-45-64(61(47-49)53-30-12-5-13-31-53)72(63-39-19-15-33-55(63)51-26-8-3-9-27-51)66-41-23-37-59-57-35-17-21-43-68(57)74-70(59)66/h2-6,8-24,26-47H,1H2/b60-46+. The Kier molecular flexibility index (Phi) is 11.2. The summed E-state index contributed by atoms with van der Waals surface area (Å²) in [6.45, 7) is 5.05. The largest absolute Gasteiger partial charge is 0.454 e. The van der Waals surface area contributed by atoms with Gasteiger partial charge in [0.05, 0.1) is 28.4 Å². The summed E-state index contributed by atoms with van der Waals surface area (Å²) in [4.78, 5) is 4.63. The molecule has 10 aromatic carbocycles. The lowest BCUT2D eigenvalue weighted by Gasteiger charge is -2.31. The maximum Gasteiger partial charge on any atom is 0.159 e. The van der Waals surface area contributed by atoms with Gasteiger partial charge in [-0.05, 0) is 89.0 Å². The van der Waals surface area contributed by atoms with E-state index in [0.717, 1.165) is 128 Å². The summed E-state index contributed by atoms with van der Waals surface area (Å²) in [5.74, 6) is 0. The molecule has 0 saturated carbocycles. The smallest absolute Gasteiger partial charge is 0.159 e. The van der Waals surface area contributed by atoms with Gasteiger partial charge in [0, 0.05) is 55.1 Å². The summed E-state index contributed by atoms with van der Waals surface area (Å²) in [7, 11) is 0. The van der Waals surface area contributed by atoms with Gasteiger partial charge in [0.2, 0.25) is 0 Å². The molecule has 4 heteroatoms. The minimum Gasteiger partial charge on any atom is -0.454 e. The summed E-state index contributed by atoms with van der Waals surface area (Å²) in [6, 6.07) is 85.1. The normalized spacial score (nSPS) is 12.2. The van der Waals surface area contributed by atoms with Crippen molar-refractivity contribution < 1.29 is 8.83 Å². The van der Waals surface area contributed by atoms with Crippen LogP contribution in [0, 0.1) is 0 Å². The molecule has 2 heterocycles. The molecule has 0 bridgehead atoms. The van der Waals surface area contributed by atoms with E-state index in [1.165, 1.54) is 0 Å². The molecule has 2 aromatic heterocycles. The van der Waals surface area contributed by atoms with Gasteiger partial charge in [-0.1, -0.05) is 218 Å². The first-order chi connectivity index (χ1) is 36.7. The lowest BCUT2D eigenvalue weighted by atomic mass is 9.94. The van der Waals surface area contributed by atoms with Crippen LogP contribution in [0.1, 0.15) is 16.7 Å². The Labute approximate surface area is 429 Å². The number of rotatable bonds is 12. The molecule has 4 nitrogen and oxygen atoms in total. The van der Waals surface area contributed by atoms with Gasteiger partial charge in [0.1, 0.15) is 11.2 Å². The molecule has 0 saturated heterocycles. The van der Waals surface area contributed by atoms with Gasteiger partial charge in [-0.2, -0.15) is 0 Å². The Morgan fingerprint density at radius 2 is 0.946 bits per heavy atom. The number of anilines is 5. The van der Waals surface area contributed by atoms with Crippen molar-refractivity contribution >= 4 is 89.5 Å². The second-order valence-electron chi connectivity index (χ2n) is 18.3. The van der Waals surface area contributed by atoms with Gasteiger partial charge in [-0.15, -0.1) is 0 Å². The lowest BCUT2D eigenvalue weighted by Crippen LogP contribution is -2.18. The quantitative estimate of drug-likeness (QED) is 0.0694. The maximum absolute atomic E-state index is 6.85. The molecule has 0 spiro atoms. The first-order valence-corrected chi connectivity index (χ1v) is 24.9. The van der Waals surface area contributed by atoms with Crippen LogP contribution in [-0.4, -0.2) is 0 Å². The van der Waals surface area contributed by atoms with E-state index in [1.807, 2.05) is 36.4 Å². The third kappa shape index (κ3) is 7.87. The van der Waals surface area contributed by atoms with Crippen molar-refractivity contribution in [2.24, 2.45) is 0 Å². The van der Waals surface area contributed by atoms with Gasteiger partial charge < -0.3 is 18.6 Å². The molecule has 0 amide bonds. The Morgan fingerprint density at radius 1 is 0.432 bits per heavy atom. The van der Waals surface area contributed by atoms with Crippen molar-refractivity contribution in [3.63, 3.8) is 0 Å². The van der Waals surface area contributed by atoms with Crippen LogP contribution in [0.15, 0.2) is 293 Å². The topological polar surface area (TPSA) is 32.8 Å². The van der Waals surface area contributed by atoms with Crippen LogP contribution in [0.5, 0.6) is 0 Å². The predicted molar refractivity (Wildman–Crippen MR) is 309 cm³/mol. The molecule has 12 aromatic rings. The molecule has 74 heavy (non-hydrogen) atoms. The van der Waals surface area contributed by atoms with E-state index >= 15 is 0 Å². The zero-order valence-electron chi connectivity index (χ0n) is 40.3. The van der Waals surface area contributed by atoms with Crippen LogP contribution >= 0.6 is 0 Å². The van der Waals surface area contributed by atoms with Crippen molar-refractivity contribution in [3.05, 3.63) is 301 Å². The fraction of sp³-hybridized carbons (Fsp3) is 0. The predicted octanol–water partition coefficient (Wildman–Crippen LogP) is 19.4. The first kappa shape index (κ1) is 43.9. The van der Waals surface area contributed by atoms with E-state index in [9.17, 15) is 0 Å². The summed E-state index contributed by atoms with van der Waals surface area (Å²) < 4.78 is 13.7. The van der Waals surface area contributed by atoms with E-state index in [2.05, 4.69) is 252 Å². The third-order valence-corrected chi connectivity index (χ3v) is 13.9. The molecule has 1 aliphatic carbocycles. The molecule has 0 atom stereocenters. The highest BCUT2D eigenvalue weighted by atomic mass is 16.3. The van der Waals surface area contributed by atoms with Crippen LogP contribution in [0.2, 0.25) is 0 Å². The van der Waals surface area contributed by atoms with Crippen molar-refractivity contribution in [3.8, 4) is 22.3 Å². The number of furan rings is 2. The zero-order chi connectivity index (χ0) is 49.4. The minimum absolute atomic E-state index is 0.761. The second kappa shape index (κ2) is 18.9. The van der Waals surface area contributed by atoms with Gasteiger partial charge >= 0.3 is 0 Å². The lowest BCUT2D eigenvalue weighted by molar-refractivity contribution is 0.668. The number of hydrogen-bond acceptors (Lipinski definition) is 4. The monoisotopic (exact) mass is 946 g/mol. The van der Waals surface area contributed by atoms with E-state index in [1.54, 1.807) is 0 Å². The summed E-state index contributed by atoms with van der Waals surface area (Å²) in [6.07, 6.45) is 8.23. The van der Waals surface area contributed by atoms with E-state index in [0.29, 0.717) is 0 Å². The second-order valence-corrected chi connectivity index (χ2v) is 18.3. The number of hydrogen-bond donors (Lipinski definition) is 0. The van der Waals surface area contributed by atoms with Gasteiger partial charge in [-0.25, -0.2) is 0 Å².